The highest BCUT2D eigenvalue weighted by Gasteiger charge is 2.64. The van der Waals surface area contributed by atoms with Gasteiger partial charge in [0.1, 0.15) is 12.2 Å². The van der Waals surface area contributed by atoms with Gasteiger partial charge in [-0.25, -0.2) is 0 Å². The number of piperidine rings is 1. The van der Waals surface area contributed by atoms with Gasteiger partial charge in [-0.15, -0.1) is 0 Å². The fourth-order valence-electron chi connectivity index (χ4n) is 4.64. The van der Waals surface area contributed by atoms with Gasteiger partial charge in [0, 0.05) is 24.3 Å². The highest BCUT2D eigenvalue weighted by Crippen LogP contribution is 2.62. The number of hydrogen-bond donors (Lipinski definition) is 1. The van der Waals surface area contributed by atoms with E-state index < -0.39 is 41.6 Å². The van der Waals surface area contributed by atoms with E-state index in [0.29, 0.717) is 30.9 Å². The van der Waals surface area contributed by atoms with Crippen molar-refractivity contribution in [2.45, 2.75) is 43.4 Å². The fraction of sp³-hybridized carbons (Fsp3) is 0.579. The maximum Gasteiger partial charge on any atom is 0.165 e. The Morgan fingerprint density at radius 2 is 2.39 bits per heavy atom. The highest BCUT2D eigenvalue weighted by molar-refractivity contribution is 5.62. The van der Waals surface area contributed by atoms with Gasteiger partial charge < -0.3 is 19.5 Å². The zero-order chi connectivity index (χ0) is 20.3. The molecule has 4 heteroatoms. The molecule has 1 spiro atoms. The quantitative estimate of drug-likeness (QED) is 0.846. The first-order chi connectivity index (χ1) is 13.1. The van der Waals surface area contributed by atoms with E-state index >= 15 is 0 Å². The van der Waals surface area contributed by atoms with E-state index in [-0.39, 0.29) is 12.2 Å². The van der Waals surface area contributed by atoms with E-state index in [1.807, 2.05) is 24.9 Å². The molecule has 2 heterocycles. The maximum absolute atomic E-state index is 11.0. The van der Waals surface area contributed by atoms with Crippen LogP contribution in [-0.2, 0) is 11.8 Å². The number of aliphatic hydroxyl groups is 1. The summed E-state index contributed by atoms with van der Waals surface area (Å²) in [4.78, 5) is 1.99. The van der Waals surface area contributed by atoms with Gasteiger partial charge in [-0.3, -0.25) is 0 Å². The lowest BCUT2D eigenvalue weighted by Gasteiger charge is -2.56. The van der Waals surface area contributed by atoms with Crippen LogP contribution in [-0.4, -0.2) is 48.4 Å². The number of ether oxygens (including phenoxy) is 2. The third-order valence-corrected chi connectivity index (χ3v) is 5.63. The van der Waals surface area contributed by atoms with Crippen molar-refractivity contribution >= 4 is 0 Å². The fourth-order valence-corrected chi connectivity index (χ4v) is 4.64. The summed E-state index contributed by atoms with van der Waals surface area (Å²) in [7, 11) is 1.88. The molecule has 0 unspecified atom stereocenters. The van der Waals surface area contributed by atoms with Crippen LogP contribution in [0, 0.1) is 5.89 Å². The van der Waals surface area contributed by atoms with E-state index in [1.54, 1.807) is 6.07 Å². The molecule has 2 aliphatic heterocycles. The predicted molar refractivity (Wildman–Crippen MR) is 87.1 cm³/mol. The number of rotatable bonds is 2. The van der Waals surface area contributed by atoms with Crippen LogP contribution in [0.1, 0.15) is 31.3 Å². The Bertz CT molecular complexity index is 936. The molecule has 1 N–H and O–H groups in total. The lowest BCUT2D eigenvalue weighted by Crippen LogP contribution is -2.64. The average Bonchev–Trinajstić information content (AvgIpc) is 2.93. The van der Waals surface area contributed by atoms with Crippen LogP contribution in [0.5, 0.6) is 11.5 Å². The molecule has 1 aromatic carbocycles. The first-order valence-corrected chi connectivity index (χ1v) is 8.17. The Morgan fingerprint density at radius 1 is 1.52 bits per heavy atom. The van der Waals surface area contributed by atoms with Gasteiger partial charge in [0.15, 0.2) is 11.5 Å². The molecule has 4 nitrogen and oxygen atoms in total. The molecule has 1 fully saturated rings. The maximum atomic E-state index is 11.0. The third kappa shape index (κ3) is 1.54. The van der Waals surface area contributed by atoms with E-state index in [2.05, 4.69) is 0 Å². The monoisotopic (exact) mass is 318 g/mol. The molecule has 0 amide bonds. The molecule has 2 bridgehead atoms. The standard InChI is InChI=1S/C19H23NO3/c1-3-22-15-7-4-11-10-13-12-5-6-14(21)18-19(12,8-9-20(13)2)16(11)17(15)23-18/h4-7,12-14,18,21H,3,8-10H2,1-2H3/t12-,13+,14-,18-,19-/m0/s1/i5D,6D,12D,14D,18D. The Kier molecular flexibility index (Phi) is 1.90. The summed E-state index contributed by atoms with van der Waals surface area (Å²) in [6.45, 7) is 2.75. The molecule has 5 atom stereocenters. The predicted octanol–water partition coefficient (Wildman–Crippen LogP) is 1.89. The van der Waals surface area contributed by atoms with Crippen LogP contribution in [0.3, 0.4) is 0 Å². The minimum atomic E-state index is -2.77. The number of likely N-dealkylation sites (N-methyl/N-ethyl adjacent to an activating group) is 1. The first-order valence-electron chi connectivity index (χ1n) is 10.7. The highest BCUT2D eigenvalue weighted by atomic mass is 16.5. The number of likely N-dealkylation sites (tertiary alicyclic amines) is 1. The second kappa shape index (κ2) is 4.52. The minimum absolute atomic E-state index is 0.277. The van der Waals surface area contributed by atoms with Gasteiger partial charge in [-0.2, -0.15) is 0 Å². The van der Waals surface area contributed by atoms with Crippen molar-refractivity contribution in [1.29, 1.82) is 0 Å². The zero-order valence-corrected chi connectivity index (χ0v) is 13.3. The number of benzene rings is 1. The lowest BCUT2D eigenvalue weighted by atomic mass is 9.53. The van der Waals surface area contributed by atoms with Crippen molar-refractivity contribution in [3.8, 4) is 11.5 Å². The van der Waals surface area contributed by atoms with Crippen LogP contribution < -0.4 is 9.47 Å². The minimum Gasteiger partial charge on any atom is -0.490 e. The summed E-state index contributed by atoms with van der Waals surface area (Å²) in [5.74, 6) is -0.984. The lowest BCUT2D eigenvalue weighted by molar-refractivity contribution is -0.0453. The van der Waals surface area contributed by atoms with Crippen LogP contribution in [0.4, 0.5) is 0 Å². The van der Waals surface area contributed by atoms with Gasteiger partial charge in [0.2, 0.25) is 0 Å². The molecule has 0 saturated carbocycles. The molecule has 0 radical (unpaired) electrons. The van der Waals surface area contributed by atoms with Crippen LogP contribution in [0.2, 0.25) is 0 Å². The van der Waals surface area contributed by atoms with E-state index in [0.717, 1.165) is 5.56 Å². The van der Waals surface area contributed by atoms with E-state index in [9.17, 15) is 7.85 Å². The summed E-state index contributed by atoms with van der Waals surface area (Å²) < 4.78 is 55.9. The van der Waals surface area contributed by atoms with Crippen LogP contribution >= 0.6 is 0 Å². The van der Waals surface area contributed by atoms with Crippen molar-refractivity contribution in [2.75, 3.05) is 20.2 Å². The van der Waals surface area contributed by atoms with E-state index in [4.69, 9.17) is 13.6 Å². The Labute approximate surface area is 143 Å². The molecular weight excluding hydrogens is 290 g/mol. The van der Waals surface area contributed by atoms with E-state index in [1.165, 1.54) is 0 Å². The summed E-state index contributed by atoms with van der Waals surface area (Å²) in [6, 6.07) is 2.09. The number of nitrogens with zero attached hydrogens (tertiary/aromatic N) is 1. The van der Waals surface area contributed by atoms with Gasteiger partial charge in [-0.1, -0.05) is 18.2 Å². The average molecular weight is 318 g/mol. The van der Waals surface area contributed by atoms with Crippen molar-refractivity contribution in [3.63, 3.8) is 0 Å². The summed E-state index contributed by atoms with van der Waals surface area (Å²) in [6.07, 6.45) is -4.33. The Hall–Kier alpha value is -1.52. The number of hydrogen-bond acceptors (Lipinski definition) is 4. The van der Waals surface area contributed by atoms with Crippen LogP contribution in [0.15, 0.2) is 24.2 Å². The van der Waals surface area contributed by atoms with Gasteiger partial charge in [0.05, 0.1) is 12.1 Å². The molecule has 0 aromatic heterocycles. The smallest absolute Gasteiger partial charge is 0.165 e. The van der Waals surface area contributed by atoms with Crippen molar-refractivity contribution in [3.05, 3.63) is 35.4 Å². The molecule has 2 aliphatic carbocycles. The molecule has 4 aliphatic rings. The SMILES string of the molecule is [2H]C1=C([2H])[C@@]2([2H])[C@H]3Cc4ccc(OCC)c5c4[C@@]2(CCN3C)[C@@]([2H])(O5)[C@@]1([2H])O. The second-order valence-corrected chi connectivity index (χ2v) is 6.66. The van der Waals surface area contributed by atoms with Crippen molar-refractivity contribution in [2.24, 2.45) is 5.89 Å². The topological polar surface area (TPSA) is 41.9 Å². The Morgan fingerprint density at radius 3 is 3.22 bits per heavy atom. The van der Waals surface area contributed by atoms with Crippen molar-refractivity contribution < 1.29 is 21.4 Å². The van der Waals surface area contributed by atoms with Gasteiger partial charge in [0.25, 0.3) is 0 Å². The van der Waals surface area contributed by atoms with Crippen molar-refractivity contribution in [1.82, 2.24) is 4.90 Å². The zero-order valence-electron chi connectivity index (χ0n) is 18.3. The molecule has 1 saturated heterocycles. The van der Waals surface area contributed by atoms with Crippen LogP contribution in [0.25, 0.3) is 0 Å². The first kappa shape index (κ1) is 9.70. The molecule has 5 rings (SSSR count). The summed E-state index contributed by atoms with van der Waals surface area (Å²) in [5.41, 5.74) is 0.0745. The van der Waals surface area contributed by atoms with Gasteiger partial charge >= 0.3 is 0 Å². The second-order valence-electron chi connectivity index (χ2n) is 6.66. The molecule has 23 heavy (non-hydrogen) atoms. The molecule has 1 aromatic rings. The largest absolute Gasteiger partial charge is 0.490 e. The summed E-state index contributed by atoms with van der Waals surface area (Å²) >= 11 is 0. The Balaban J connectivity index is 1.94. The summed E-state index contributed by atoms with van der Waals surface area (Å²) in [5, 5.41) is 11.0. The third-order valence-electron chi connectivity index (χ3n) is 5.63. The molecular formula is C19H23NO3. The van der Waals surface area contributed by atoms with Gasteiger partial charge in [-0.05, 0) is 45.0 Å². The normalized spacial score (nSPS) is 53.3. The molecule has 122 valence electrons.